The van der Waals surface area contributed by atoms with E-state index in [1.54, 1.807) is 0 Å². The Morgan fingerprint density at radius 1 is 1.00 bits per heavy atom. The van der Waals surface area contributed by atoms with Crippen LogP contribution < -0.4 is 0 Å². The first-order chi connectivity index (χ1) is 11.9. The van der Waals surface area contributed by atoms with Gasteiger partial charge in [0.15, 0.2) is 0 Å². The van der Waals surface area contributed by atoms with Crippen LogP contribution in [-0.4, -0.2) is 68.4 Å². The van der Waals surface area contributed by atoms with Gasteiger partial charge >= 0.3 is 0 Å². The van der Waals surface area contributed by atoms with E-state index in [0.717, 1.165) is 52.1 Å². The molecular formula is C20H32N2O2. The molecule has 2 fully saturated rings. The molecule has 1 atom stereocenters. The normalized spacial score (nSPS) is 23.4. The monoisotopic (exact) mass is 332 g/mol. The van der Waals surface area contributed by atoms with Gasteiger partial charge < -0.3 is 9.47 Å². The van der Waals surface area contributed by atoms with Crippen molar-refractivity contribution in [3.63, 3.8) is 0 Å². The number of likely N-dealkylation sites (tertiary alicyclic amines) is 1. The van der Waals surface area contributed by atoms with E-state index >= 15 is 0 Å². The summed E-state index contributed by atoms with van der Waals surface area (Å²) in [7, 11) is 0. The van der Waals surface area contributed by atoms with Gasteiger partial charge in [0.2, 0.25) is 0 Å². The van der Waals surface area contributed by atoms with Crippen LogP contribution in [0.1, 0.15) is 31.2 Å². The highest BCUT2D eigenvalue weighted by molar-refractivity contribution is 5.13. The minimum atomic E-state index is 0.729. The maximum Gasteiger partial charge on any atom is 0.0717 e. The average Bonchev–Trinajstić information content (AvgIpc) is 2.66. The predicted molar refractivity (Wildman–Crippen MR) is 97.2 cm³/mol. The van der Waals surface area contributed by atoms with Gasteiger partial charge in [0.1, 0.15) is 0 Å². The zero-order valence-corrected chi connectivity index (χ0v) is 14.9. The molecule has 0 aliphatic carbocycles. The summed E-state index contributed by atoms with van der Waals surface area (Å²) in [5, 5.41) is 0. The molecule has 3 rings (SSSR count). The van der Waals surface area contributed by atoms with Gasteiger partial charge in [-0.25, -0.2) is 0 Å². The van der Waals surface area contributed by atoms with E-state index in [4.69, 9.17) is 9.47 Å². The topological polar surface area (TPSA) is 24.9 Å². The summed E-state index contributed by atoms with van der Waals surface area (Å²) in [5.41, 5.74) is 1.26. The number of benzene rings is 1. The van der Waals surface area contributed by atoms with Crippen LogP contribution in [0.25, 0.3) is 0 Å². The Hall–Kier alpha value is -0.940. The molecule has 0 bridgehead atoms. The van der Waals surface area contributed by atoms with Crippen LogP contribution in [0.3, 0.4) is 0 Å². The average molecular weight is 332 g/mol. The Kier molecular flexibility index (Phi) is 7.55. The van der Waals surface area contributed by atoms with E-state index in [9.17, 15) is 0 Å². The predicted octanol–water partition coefficient (Wildman–Crippen LogP) is 2.78. The van der Waals surface area contributed by atoms with E-state index in [0.29, 0.717) is 0 Å². The smallest absolute Gasteiger partial charge is 0.0717 e. The number of hydrogen-bond donors (Lipinski definition) is 0. The van der Waals surface area contributed by atoms with Crippen molar-refractivity contribution in [3.05, 3.63) is 35.9 Å². The number of nitrogens with zero attached hydrogens (tertiary/aromatic N) is 2. The van der Waals surface area contributed by atoms with Crippen molar-refractivity contribution in [2.24, 2.45) is 0 Å². The Bertz CT molecular complexity index is 448. The molecule has 0 saturated carbocycles. The van der Waals surface area contributed by atoms with Gasteiger partial charge in [-0.15, -0.1) is 0 Å². The molecule has 1 aromatic carbocycles. The second-order valence-corrected chi connectivity index (χ2v) is 6.97. The maximum absolute atomic E-state index is 5.90. The second kappa shape index (κ2) is 10.1. The molecule has 2 heterocycles. The van der Waals surface area contributed by atoms with Gasteiger partial charge in [0, 0.05) is 25.7 Å². The van der Waals surface area contributed by atoms with Gasteiger partial charge in [-0.2, -0.15) is 0 Å². The summed E-state index contributed by atoms with van der Waals surface area (Å²) < 4.78 is 11.3. The van der Waals surface area contributed by atoms with Crippen molar-refractivity contribution >= 4 is 0 Å². The van der Waals surface area contributed by atoms with E-state index in [-0.39, 0.29) is 0 Å². The minimum Gasteiger partial charge on any atom is -0.379 e. The molecule has 0 unspecified atom stereocenters. The molecule has 24 heavy (non-hydrogen) atoms. The van der Waals surface area contributed by atoms with Crippen molar-refractivity contribution in [1.82, 2.24) is 9.80 Å². The Balaban J connectivity index is 1.35. The fraction of sp³-hybridized carbons (Fsp3) is 0.700. The van der Waals surface area contributed by atoms with Gasteiger partial charge in [-0.3, -0.25) is 9.80 Å². The van der Waals surface area contributed by atoms with Crippen LogP contribution in [0.15, 0.2) is 30.3 Å². The quantitative estimate of drug-likeness (QED) is 0.684. The molecule has 0 radical (unpaired) electrons. The van der Waals surface area contributed by atoms with Crippen molar-refractivity contribution in [3.8, 4) is 0 Å². The fourth-order valence-corrected chi connectivity index (χ4v) is 3.78. The third-order valence-electron chi connectivity index (χ3n) is 5.27. The van der Waals surface area contributed by atoms with Crippen LogP contribution >= 0.6 is 0 Å². The van der Waals surface area contributed by atoms with Crippen LogP contribution in [0.4, 0.5) is 0 Å². The molecule has 2 saturated heterocycles. The Labute approximate surface area is 146 Å². The molecule has 2 aliphatic heterocycles. The lowest BCUT2D eigenvalue weighted by Crippen LogP contribution is -2.44. The van der Waals surface area contributed by atoms with E-state index in [1.807, 2.05) is 0 Å². The van der Waals surface area contributed by atoms with Crippen molar-refractivity contribution in [2.75, 3.05) is 52.5 Å². The van der Waals surface area contributed by atoms with Gasteiger partial charge in [0.25, 0.3) is 0 Å². The number of hydrogen-bond acceptors (Lipinski definition) is 4. The van der Waals surface area contributed by atoms with Crippen molar-refractivity contribution in [2.45, 2.75) is 38.3 Å². The number of morpholine rings is 1. The second-order valence-electron chi connectivity index (χ2n) is 6.97. The van der Waals surface area contributed by atoms with Crippen LogP contribution in [0, 0.1) is 0 Å². The molecule has 1 aromatic rings. The lowest BCUT2D eigenvalue weighted by Gasteiger charge is -2.37. The van der Waals surface area contributed by atoms with Crippen LogP contribution in [-0.2, 0) is 16.1 Å². The number of rotatable bonds is 8. The Morgan fingerprint density at radius 2 is 1.83 bits per heavy atom. The molecule has 2 aliphatic rings. The number of ether oxygens (including phenoxy) is 2. The maximum atomic E-state index is 5.90. The first-order valence-electron chi connectivity index (χ1n) is 9.57. The molecule has 0 aromatic heterocycles. The van der Waals surface area contributed by atoms with Crippen molar-refractivity contribution < 1.29 is 9.47 Å². The molecule has 0 N–H and O–H groups in total. The SMILES string of the molecule is c1ccc(COCCN2CCCC[C@H]2CCN2CCOCC2)cc1. The largest absolute Gasteiger partial charge is 0.379 e. The lowest BCUT2D eigenvalue weighted by molar-refractivity contribution is 0.0262. The summed E-state index contributed by atoms with van der Waals surface area (Å²) >= 11 is 0. The summed E-state index contributed by atoms with van der Waals surface area (Å²) in [6, 6.07) is 11.2. The van der Waals surface area contributed by atoms with Gasteiger partial charge in [-0.1, -0.05) is 36.8 Å². The highest BCUT2D eigenvalue weighted by Crippen LogP contribution is 2.20. The molecule has 4 heteroatoms. The standard InChI is InChI=1S/C20H32N2O2/c1-2-6-19(7-3-1)18-24-17-14-22-10-5-4-8-20(22)9-11-21-12-15-23-16-13-21/h1-3,6-7,20H,4-5,8-18H2/t20-/m0/s1. The first-order valence-corrected chi connectivity index (χ1v) is 9.57. The number of piperidine rings is 1. The molecule has 4 nitrogen and oxygen atoms in total. The van der Waals surface area contributed by atoms with Gasteiger partial charge in [-0.05, 0) is 37.9 Å². The van der Waals surface area contributed by atoms with E-state index < -0.39 is 0 Å². The molecule has 0 amide bonds. The van der Waals surface area contributed by atoms with Crippen LogP contribution in [0.2, 0.25) is 0 Å². The minimum absolute atomic E-state index is 0.729. The van der Waals surface area contributed by atoms with E-state index in [1.165, 1.54) is 44.3 Å². The summed E-state index contributed by atoms with van der Waals surface area (Å²) in [5.74, 6) is 0. The third kappa shape index (κ3) is 5.85. The van der Waals surface area contributed by atoms with Crippen LogP contribution in [0.5, 0.6) is 0 Å². The molecule has 134 valence electrons. The van der Waals surface area contributed by atoms with E-state index in [2.05, 4.69) is 40.1 Å². The first kappa shape index (κ1) is 17.9. The van der Waals surface area contributed by atoms with Crippen molar-refractivity contribution in [1.29, 1.82) is 0 Å². The summed E-state index contributed by atoms with van der Waals surface area (Å²) in [4.78, 5) is 5.22. The zero-order valence-electron chi connectivity index (χ0n) is 14.9. The fourth-order valence-electron chi connectivity index (χ4n) is 3.78. The molecule has 0 spiro atoms. The summed E-state index contributed by atoms with van der Waals surface area (Å²) in [6.45, 7) is 9.11. The van der Waals surface area contributed by atoms with Gasteiger partial charge in [0.05, 0.1) is 26.4 Å². The zero-order chi connectivity index (χ0) is 16.5. The third-order valence-corrected chi connectivity index (χ3v) is 5.27. The Morgan fingerprint density at radius 3 is 2.67 bits per heavy atom. The molecular weight excluding hydrogens is 300 g/mol. The lowest BCUT2D eigenvalue weighted by atomic mass is 9.99. The highest BCUT2D eigenvalue weighted by Gasteiger charge is 2.23. The highest BCUT2D eigenvalue weighted by atomic mass is 16.5. The summed E-state index contributed by atoms with van der Waals surface area (Å²) in [6.07, 6.45) is 5.36.